The minimum absolute atomic E-state index is 0.182. The molecule has 0 spiro atoms. The Hall–Kier alpha value is -3.72. The van der Waals surface area contributed by atoms with Gasteiger partial charge >= 0.3 is 6.16 Å². The Bertz CT molecular complexity index is 1210. The first-order valence-corrected chi connectivity index (χ1v) is 11.8. The minimum Gasteiger partial charge on any atom is -0.493 e. The van der Waals surface area contributed by atoms with Crippen LogP contribution in [0.15, 0.2) is 30.3 Å². The molecule has 194 valence electrons. The molecule has 0 unspecified atom stereocenters. The van der Waals surface area contributed by atoms with E-state index in [4.69, 9.17) is 33.4 Å². The Morgan fingerprint density at radius 2 is 1.44 bits per heavy atom. The fraction of sp³-hybridized carbons (Fsp3) is 0.407. The average molecular weight is 499 g/mol. The number of ether oxygens (including phenoxy) is 6. The summed E-state index contributed by atoms with van der Waals surface area (Å²) < 4.78 is 33.0. The zero-order valence-electron chi connectivity index (χ0n) is 22.0. The summed E-state index contributed by atoms with van der Waals surface area (Å²) in [6.45, 7) is 8.11. The van der Waals surface area contributed by atoms with Crippen LogP contribution in [0.4, 0.5) is 4.79 Å². The molecule has 9 nitrogen and oxygen atoms in total. The van der Waals surface area contributed by atoms with Crippen molar-refractivity contribution in [1.29, 1.82) is 0 Å². The van der Waals surface area contributed by atoms with Crippen molar-refractivity contribution in [2.45, 2.75) is 27.3 Å². The van der Waals surface area contributed by atoms with Gasteiger partial charge in [0, 0.05) is 23.6 Å². The van der Waals surface area contributed by atoms with Gasteiger partial charge in [0.2, 0.25) is 0 Å². The Balaban J connectivity index is 2.43. The van der Waals surface area contributed by atoms with Crippen LogP contribution in [0.5, 0.6) is 28.7 Å². The largest absolute Gasteiger partial charge is 0.513 e. The van der Waals surface area contributed by atoms with E-state index in [1.54, 1.807) is 41.4 Å². The highest BCUT2D eigenvalue weighted by Crippen LogP contribution is 2.45. The maximum absolute atomic E-state index is 12.6. The summed E-state index contributed by atoms with van der Waals surface area (Å²) in [4.78, 5) is 19.7. The second-order valence-electron chi connectivity index (χ2n) is 7.80. The molecule has 0 aliphatic carbocycles. The molecule has 0 radical (unpaired) electrons. The van der Waals surface area contributed by atoms with Crippen molar-refractivity contribution in [3.63, 3.8) is 0 Å². The number of rotatable bonds is 11. The molecule has 1 heterocycles. The highest BCUT2D eigenvalue weighted by Gasteiger charge is 2.25. The van der Waals surface area contributed by atoms with Crippen molar-refractivity contribution in [3.8, 4) is 39.9 Å². The summed E-state index contributed by atoms with van der Waals surface area (Å²) in [5.74, 6) is 2.49. The maximum atomic E-state index is 12.6. The van der Waals surface area contributed by atoms with Gasteiger partial charge in [-0.15, -0.1) is 0 Å². The number of methoxy groups -OCH3 is 4. The number of carbonyl (C=O) groups is 1. The SMILES string of the molecule is CCOC(=O)Oc1c(CN(CC)CC)nc2cc(OC)c(OC)cc2c1-c1ccc(OC)c(OC)c1. The topological polar surface area (TPSA) is 88.6 Å². The molecular weight excluding hydrogens is 464 g/mol. The minimum atomic E-state index is -0.804. The fourth-order valence-electron chi connectivity index (χ4n) is 4.01. The van der Waals surface area contributed by atoms with Gasteiger partial charge in [0.15, 0.2) is 28.7 Å². The van der Waals surface area contributed by atoms with Crippen molar-refractivity contribution in [1.82, 2.24) is 9.88 Å². The first-order chi connectivity index (χ1) is 17.4. The molecule has 2 aromatic carbocycles. The second-order valence-corrected chi connectivity index (χ2v) is 7.80. The van der Waals surface area contributed by atoms with E-state index in [0.29, 0.717) is 57.5 Å². The van der Waals surface area contributed by atoms with E-state index in [-0.39, 0.29) is 6.61 Å². The van der Waals surface area contributed by atoms with Crippen molar-refractivity contribution in [2.75, 3.05) is 48.1 Å². The van der Waals surface area contributed by atoms with Crippen LogP contribution in [0.2, 0.25) is 0 Å². The third-order valence-corrected chi connectivity index (χ3v) is 5.90. The molecule has 0 fully saturated rings. The quantitative estimate of drug-likeness (QED) is 0.326. The van der Waals surface area contributed by atoms with Crippen LogP contribution in [0, 0.1) is 0 Å². The van der Waals surface area contributed by atoms with Crippen LogP contribution in [0.1, 0.15) is 26.5 Å². The van der Waals surface area contributed by atoms with Gasteiger partial charge in [-0.1, -0.05) is 19.9 Å². The van der Waals surface area contributed by atoms with Crippen LogP contribution in [-0.4, -0.2) is 64.2 Å². The lowest BCUT2D eigenvalue weighted by molar-refractivity contribution is 0.103. The van der Waals surface area contributed by atoms with E-state index >= 15 is 0 Å². The zero-order valence-corrected chi connectivity index (χ0v) is 22.0. The van der Waals surface area contributed by atoms with Gasteiger partial charge in [-0.05, 0) is 43.8 Å². The summed E-state index contributed by atoms with van der Waals surface area (Å²) >= 11 is 0. The van der Waals surface area contributed by atoms with E-state index in [9.17, 15) is 4.79 Å². The molecule has 0 atom stereocenters. The molecule has 0 saturated heterocycles. The standard InChI is InChI=1S/C27H34N2O7/c1-8-29(9-2)16-20-26(36-27(30)35-10-3)25(17-11-12-21(31-4)22(13-17)32-5)18-14-23(33-6)24(34-7)15-19(18)28-20/h11-15H,8-10,16H2,1-7H3. The van der Waals surface area contributed by atoms with Crippen LogP contribution >= 0.6 is 0 Å². The number of carbonyl (C=O) groups excluding carboxylic acids is 1. The molecule has 0 saturated carbocycles. The zero-order chi connectivity index (χ0) is 26.2. The van der Waals surface area contributed by atoms with Crippen molar-refractivity contribution < 1.29 is 33.2 Å². The molecule has 0 aliphatic heterocycles. The summed E-state index contributed by atoms with van der Waals surface area (Å²) in [7, 11) is 6.29. The number of aromatic nitrogens is 1. The second kappa shape index (κ2) is 12.3. The van der Waals surface area contributed by atoms with Gasteiger partial charge < -0.3 is 28.4 Å². The highest BCUT2D eigenvalue weighted by atomic mass is 16.7. The average Bonchev–Trinajstić information content (AvgIpc) is 2.90. The summed E-state index contributed by atoms with van der Waals surface area (Å²) in [6, 6.07) is 9.17. The molecule has 3 aromatic rings. The van der Waals surface area contributed by atoms with Crippen LogP contribution in [0.3, 0.4) is 0 Å². The summed E-state index contributed by atoms with van der Waals surface area (Å²) in [5, 5.41) is 0.711. The molecule has 0 bridgehead atoms. The Kier molecular flexibility index (Phi) is 9.19. The Labute approximate surface area is 211 Å². The molecule has 1 aromatic heterocycles. The molecule has 0 amide bonds. The van der Waals surface area contributed by atoms with Crippen molar-refractivity contribution >= 4 is 17.1 Å². The lowest BCUT2D eigenvalue weighted by Crippen LogP contribution is -2.24. The van der Waals surface area contributed by atoms with Gasteiger partial charge in [0.25, 0.3) is 0 Å². The van der Waals surface area contributed by atoms with Crippen LogP contribution < -0.4 is 23.7 Å². The van der Waals surface area contributed by atoms with E-state index in [1.807, 2.05) is 24.3 Å². The molecule has 0 aliphatic rings. The smallest absolute Gasteiger partial charge is 0.493 e. The molecule has 3 rings (SSSR count). The maximum Gasteiger partial charge on any atom is 0.513 e. The number of hydrogen-bond donors (Lipinski definition) is 0. The van der Waals surface area contributed by atoms with E-state index < -0.39 is 6.16 Å². The monoisotopic (exact) mass is 498 g/mol. The van der Waals surface area contributed by atoms with E-state index in [2.05, 4.69) is 18.7 Å². The molecular formula is C27H34N2O7. The Morgan fingerprint density at radius 3 is 2.03 bits per heavy atom. The third kappa shape index (κ3) is 5.57. The van der Waals surface area contributed by atoms with Gasteiger partial charge in [-0.3, -0.25) is 4.90 Å². The van der Waals surface area contributed by atoms with Crippen LogP contribution in [-0.2, 0) is 11.3 Å². The van der Waals surface area contributed by atoms with Gasteiger partial charge in [0.1, 0.15) is 0 Å². The number of pyridine rings is 1. The number of hydrogen-bond acceptors (Lipinski definition) is 9. The number of nitrogens with zero attached hydrogens (tertiary/aromatic N) is 2. The first kappa shape index (κ1) is 26.9. The van der Waals surface area contributed by atoms with E-state index in [0.717, 1.165) is 18.7 Å². The number of benzene rings is 2. The third-order valence-electron chi connectivity index (χ3n) is 5.90. The highest BCUT2D eigenvalue weighted by molar-refractivity contribution is 6.00. The summed E-state index contributed by atoms with van der Waals surface area (Å²) in [6.07, 6.45) is -0.804. The fourth-order valence-corrected chi connectivity index (χ4v) is 4.01. The van der Waals surface area contributed by atoms with Gasteiger partial charge in [-0.25, -0.2) is 9.78 Å². The molecule has 36 heavy (non-hydrogen) atoms. The first-order valence-electron chi connectivity index (χ1n) is 11.8. The van der Waals surface area contributed by atoms with Crippen LogP contribution in [0.25, 0.3) is 22.0 Å². The van der Waals surface area contributed by atoms with Crippen molar-refractivity contribution in [3.05, 3.63) is 36.0 Å². The lowest BCUT2D eigenvalue weighted by atomic mass is 9.97. The lowest BCUT2D eigenvalue weighted by Gasteiger charge is -2.22. The normalized spacial score (nSPS) is 10.9. The van der Waals surface area contributed by atoms with Gasteiger partial charge in [-0.2, -0.15) is 0 Å². The van der Waals surface area contributed by atoms with Crippen molar-refractivity contribution in [2.24, 2.45) is 0 Å². The molecule has 9 heteroatoms. The predicted octanol–water partition coefficient (Wildman–Crippen LogP) is 5.31. The van der Waals surface area contributed by atoms with Gasteiger partial charge in [0.05, 0.1) is 46.3 Å². The summed E-state index contributed by atoms with van der Waals surface area (Å²) in [5.41, 5.74) is 2.65. The molecule has 0 N–H and O–H groups in total. The number of fused-ring (bicyclic) bond motifs is 1. The van der Waals surface area contributed by atoms with E-state index in [1.165, 1.54) is 0 Å². The predicted molar refractivity (Wildman–Crippen MR) is 138 cm³/mol. The Morgan fingerprint density at radius 1 is 0.833 bits per heavy atom.